The number of fused-ring (bicyclic) bond motifs is 1. The van der Waals surface area contributed by atoms with Crippen LogP contribution in [0.1, 0.15) is 37.4 Å². The normalized spacial score (nSPS) is 22.2. The van der Waals surface area contributed by atoms with Crippen molar-refractivity contribution in [3.8, 4) is 0 Å². The molecule has 12 nitrogen and oxygen atoms in total. The minimum absolute atomic E-state index is 0.139. The number of nitrogen functional groups attached to an aromatic ring is 1. The van der Waals surface area contributed by atoms with Gasteiger partial charge in [0.2, 0.25) is 5.95 Å². The number of ether oxygens (including phenoxy) is 2. The number of esters is 1. The van der Waals surface area contributed by atoms with Crippen molar-refractivity contribution < 1.29 is 29.6 Å². The third-order valence-electron chi connectivity index (χ3n) is 5.54. The Morgan fingerprint density at radius 2 is 2.08 bits per heavy atom. The van der Waals surface area contributed by atoms with Crippen molar-refractivity contribution in [1.82, 2.24) is 19.5 Å². The van der Waals surface area contributed by atoms with Crippen LogP contribution in [0.25, 0.3) is 16.7 Å². The zero-order chi connectivity index (χ0) is 26.2. The van der Waals surface area contributed by atoms with Crippen LogP contribution in [0, 0.1) is 0 Å². The number of hydrogen-bond donors (Lipinski definition) is 5. The molecule has 36 heavy (non-hydrogen) atoms. The fourth-order valence-corrected chi connectivity index (χ4v) is 4.64. The Morgan fingerprint density at radius 3 is 2.75 bits per heavy atom. The van der Waals surface area contributed by atoms with Crippen molar-refractivity contribution in [2.75, 3.05) is 24.2 Å². The summed E-state index contributed by atoms with van der Waals surface area (Å²) in [5.41, 5.74) is 7.13. The number of aliphatic hydroxyl groups excluding tert-OH is 3. The third-order valence-corrected chi connectivity index (χ3v) is 6.54. The van der Waals surface area contributed by atoms with Crippen LogP contribution in [0.4, 0.5) is 11.8 Å². The molecule has 6 N–H and O–H groups in total. The van der Waals surface area contributed by atoms with Gasteiger partial charge in [-0.3, -0.25) is 4.57 Å². The molecule has 4 heterocycles. The number of nitrogens with zero attached hydrogens (tertiary/aromatic N) is 4. The van der Waals surface area contributed by atoms with Crippen LogP contribution >= 0.6 is 11.3 Å². The molecule has 0 radical (unpaired) electrons. The lowest BCUT2D eigenvalue weighted by Gasteiger charge is -2.19. The molecule has 13 heteroatoms. The number of carbonyl (C=O) groups is 1. The number of thiophene rings is 1. The van der Waals surface area contributed by atoms with Gasteiger partial charge in [0.05, 0.1) is 18.5 Å². The van der Waals surface area contributed by atoms with E-state index in [4.69, 9.17) is 15.2 Å². The van der Waals surface area contributed by atoms with E-state index >= 15 is 0 Å². The zero-order valence-corrected chi connectivity index (χ0v) is 21.0. The molecule has 0 spiro atoms. The average molecular weight is 519 g/mol. The summed E-state index contributed by atoms with van der Waals surface area (Å²) in [5.74, 6) is -0.0588. The smallest absolute Gasteiger partial charge is 0.338 e. The van der Waals surface area contributed by atoms with Gasteiger partial charge in [0.1, 0.15) is 29.4 Å². The maximum absolute atomic E-state index is 12.3. The van der Waals surface area contributed by atoms with E-state index in [2.05, 4.69) is 26.8 Å². The molecular formula is C23H30N6O6S. The Kier molecular flexibility index (Phi) is 7.29. The summed E-state index contributed by atoms with van der Waals surface area (Å²) in [5, 5.41) is 34.8. The lowest BCUT2D eigenvalue weighted by Crippen LogP contribution is -2.33. The van der Waals surface area contributed by atoms with Crippen molar-refractivity contribution in [3.05, 3.63) is 34.8 Å². The fraction of sp³-hybridized carbons (Fsp3) is 0.478. The highest BCUT2D eigenvalue weighted by Crippen LogP contribution is 2.32. The molecular weight excluding hydrogens is 488 g/mol. The van der Waals surface area contributed by atoms with Gasteiger partial charge in [-0.2, -0.15) is 9.97 Å². The van der Waals surface area contributed by atoms with Gasteiger partial charge in [-0.1, -0.05) is 6.58 Å². The molecule has 0 aromatic carbocycles. The summed E-state index contributed by atoms with van der Waals surface area (Å²) in [6, 6.07) is 1.90. The Labute approximate surface area is 211 Å². The summed E-state index contributed by atoms with van der Waals surface area (Å²) in [7, 11) is 0. The quantitative estimate of drug-likeness (QED) is 0.213. The minimum atomic E-state index is -1.28. The van der Waals surface area contributed by atoms with Gasteiger partial charge in [-0.05, 0) is 44.2 Å². The van der Waals surface area contributed by atoms with Crippen LogP contribution < -0.4 is 11.1 Å². The van der Waals surface area contributed by atoms with Crippen LogP contribution in [0.15, 0.2) is 24.4 Å². The highest BCUT2D eigenvalue weighted by atomic mass is 32.1. The molecule has 1 aliphatic rings. The number of aliphatic hydroxyl groups is 3. The van der Waals surface area contributed by atoms with Gasteiger partial charge in [0.25, 0.3) is 0 Å². The molecule has 3 aromatic rings. The highest BCUT2D eigenvalue weighted by molar-refractivity contribution is 7.10. The second-order valence-electron chi connectivity index (χ2n) is 9.44. The molecule has 0 aliphatic carbocycles. The van der Waals surface area contributed by atoms with E-state index in [9.17, 15) is 20.1 Å². The van der Waals surface area contributed by atoms with Crippen molar-refractivity contribution in [3.63, 3.8) is 0 Å². The van der Waals surface area contributed by atoms with Crippen LogP contribution in [0.5, 0.6) is 0 Å². The van der Waals surface area contributed by atoms with E-state index in [-0.39, 0.29) is 11.8 Å². The van der Waals surface area contributed by atoms with Gasteiger partial charge in [-0.15, -0.1) is 11.3 Å². The van der Waals surface area contributed by atoms with Gasteiger partial charge >= 0.3 is 5.97 Å². The van der Waals surface area contributed by atoms with Crippen LogP contribution in [-0.2, 0) is 20.7 Å². The topological polar surface area (TPSA) is 178 Å². The number of carbonyl (C=O) groups excluding carboxylic acids is 1. The largest absolute Gasteiger partial charge is 0.456 e. The molecule has 0 saturated carbocycles. The van der Waals surface area contributed by atoms with E-state index < -0.39 is 42.7 Å². The number of rotatable bonds is 8. The first-order valence-corrected chi connectivity index (χ1v) is 12.2. The predicted molar refractivity (Wildman–Crippen MR) is 134 cm³/mol. The molecule has 1 fully saturated rings. The predicted octanol–water partition coefficient (Wildman–Crippen LogP) is 1.09. The second kappa shape index (κ2) is 10.1. The molecule has 0 bridgehead atoms. The Bertz CT molecular complexity index is 1270. The van der Waals surface area contributed by atoms with Crippen LogP contribution in [-0.4, -0.2) is 77.9 Å². The van der Waals surface area contributed by atoms with Crippen LogP contribution in [0.3, 0.4) is 0 Å². The van der Waals surface area contributed by atoms with Crippen molar-refractivity contribution >= 4 is 45.8 Å². The van der Waals surface area contributed by atoms with Gasteiger partial charge in [0, 0.05) is 11.4 Å². The molecule has 1 saturated heterocycles. The van der Waals surface area contributed by atoms with Crippen LogP contribution in [0.2, 0.25) is 0 Å². The maximum Gasteiger partial charge on any atom is 0.338 e. The van der Waals surface area contributed by atoms with E-state index in [1.165, 1.54) is 22.2 Å². The molecule has 4 atom stereocenters. The summed E-state index contributed by atoms with van der Waals surface area (Å²) in [4.78, 5) is 26.2. The van der Waals surface area contributed by atoms with E-state index in [1.54, 1.807) is 20.8 Å². The Hall–Kier alpha value is -3.10. The Balaban J connectivity index is 1.43. The van der Waals surface area contributed by atoms with Gasteiger partial charge < -0.3 is 35.8 Å². The maximum atomic E-state index is 12.3. The number of hydrogen-bond acceptors (Lipinski definition) is 12. The van der Waals surface area contributed by atoms with E-state index in [0.717, 1.165) is 4.88 Å². The molecule has 0 unspecified atom stereocenters. The third kappa shape index (κ3) is 5.34. The van der Waals surface area contributed by atoms with Gasteiger partial charge in [-0.25, -0.2) is 9.78 Å². The first-order chi connectivity index (χ1) is 17.0. The second-order valence-corrected chi connectivity index (χ2v) is 10.4. The Morgan fingerprint density at radius 1 is 1.33 bits per heavy atom. The lowest BCUT2D eigenvalue weighted by atomic mass is 10.1. The number of imidazole rings is 1. The summed E-state index contributed by atoms with van der Waals surface area (Å²) in [6.45, 7) is 9.31. The SMILES string of the molecule is C=C(C(=O)OC(C)(C)C)c1csc(CCNc2nc(N)c3ncn([C@@H]4O[C@H](CO)[C@@H](O)[C@H]4O)c3n2)c1. The van der Waals surface area contributed by atoms with Gasteiger partial charge in [0.15, 0.2) is 17.7 Å². The molecule has 1 aliphatic heterocycles. The molecule has 194 valence electrons. The summed E-state index contributed by atoms with van der Waals surface area (Å²) in [6.07, 6.45) is -2.44. The van der Waals surface area contributed by atoms with Crippen molar-refractivity contribution in [2.45, 2.75) is 57.3 Å². The molecule has 4 rings (SSSR count). The van der Waals surface area contributed by atoms with E-state index in [1.807, 2.05) is 11.4 Å². The minimum Gasteiger partial charge on any atom is -0.456 e. The summed E-state index contributed by atoms with van der Waals surface area (Å²) >= 11 is 1.50. The standard InChI is InChI=1S/C23H30N6O6S/c1-11(21(33)35-23(2,3)4)12-7-13(36-9-12)5-6-25-22-27-18(24)15-19(28-22)29(10-26-15)20-17(32)16(31)14(8-30)34-20/h7,9-10,14,16-17,20,30-32H,1,5-6,8H2,2-4H3,(H3,24,25,27,28)/t14-,16-,17-,20-/m1/s1. The highest BCUT2D eigenvalue weighted by Gasteiger charge is 2.44. The fourth-order valence-electron chi connectivity index (χ4n) is 3.74. The van der Waals surface area contributed by atoms with Crippen molar-refractivity contribution in [1.29, 1.82) is 0 Å². The number of nitrogens with one attached hydrogen (secondary N) is 1. The first-order valence-electron chi connectivity index (χ1n) is 11.3. The number of anilines is 2. The monoisotopic (exact) mass is 518 g/mol. The number of aromatic nitrogens is 4. The number of nitrogens with two attached hydrogens (primary N) is 1. The summed E-state index contributed by atoms with van der Waals surface area (Å²) < 4.78 is 12.4. The molecule has 3 aromatic heterocycles. The average Bonchev–Trinajstić information content (AvgIpc) is 3.51. The van der Waals surface area contributed by atoms with E-state index in [0.29, 0.717) is 35.3 Å². The zero-order valence-electron chi connectivity index (χ0n) is 20.2. The first kappa shape index (κ1) is 26.0. The lowest BCUT2D eigenvalue weighted by molar-refractivity contribution is -0.147. The molecule has 0 amide bonds. The van der Waals surface area contributed by atoms with Crippen molar-refractivity contribution in [2.24, 2.45) is 0 Å².